The highest BCUT2D eigenvalue weighted by molar-refractivity contribution is 7.80. The highest BCUT2D eigenvalue weighted by atomic mass is 32.1. The molecule has 0 aliphatic heterocycles. The molecule has 108 valence electrons. The first-order valence-corrected chi connectivity index (χ1v) is 7.14. The van der Waals surface area contributed by atoms with Crippen molar-refractivity contribution in [2.75, 3.05) is 12.4 Å². The van der Waals surface area contributed by atoms with Crippen LogP contribution in [-0.4, -0.2) is 22.8 Å². The number of anilines is 1. The monoisotopic (exact) mass is 298 g/mol. The second-order valence-corrected chi connectivity index (χ2v) is 5.29. The van der Waals surface area contributed by atoms with Gasteiger partial charge in [-0.2, -0.15) is 0 Å². The molecule has 21 heavy (non-hydrogen) atoms. The highest BCUT2D eigenvalue weighted by Gasteiger charge is 2.06. The Kier molecular flexibility index (Phi) is 5.06. The van der Waals surface area contributed by atoms with E-state index >= 15 is 0 Å². The predicted octanol–water partition coefficient (Wildman–Crippen LogP) is 3.72. The fourth-order valence-corrected chi connectivity index (χ4v) is 2.12. The summed E-state index contributed by atoms with van der Waals surface area (Å²) in [6.07, 6.45) is 0. The molecule has 2 aromatic carbocycles. The quantitative estimate of drug-likeness (QED) is 0.689. The number of benzene rings is 2. The molecule has 0 unspecified atom stereocenters. The molecule has 0 radical (unpaired) electrons. The van der Waals surface area contributed by atoms with Gasteiger partial charge in [0.25, 0.3) is 0 Å². The van der Waals surface area contributed by atoms with Crippen LogP contribution in [0.5, 0.6) is 0 Å². The first-order chi connectivity index (χ1) is 10.1. The molecule has 0 aliphatic carbocycles. The van der Waals surface area contributed by atoms with Gasteiger partial charge in [-0.1, -0.05) is 30.3 Å². The Bertz CT molecular complexity index is 623. The average Bonchev–Trinajstić information content (AvgIpc) is 2.48. The Balaban J connectivity index is 1.95. The van der Waals surface area contributed by atoms with E-state index in [1.807, 2.05) is 42.3 Å². The fraction of sp³-hybridized carbons (Fsp3) is 0.176. The maximum atomic E-state index is 11.2. The van der Waals surface area contributed by atoms with Gasteiger partial charge in [0.15, 0.2) is 10.9 Å². The van der Waals surface area contributed by atoms with Crippen LogP contribution in [0.2, 0.25) is 0 Å². The third-order valence-electron chi connectivity index (χ3n) is 3.15. The van der Waals surface area contributed by atoms with Crippen molar-refractivity contribution < 1.29 is 4.79 Å². The van der Waals surface area contributed by atoms with Crippen molar-refractivity contribution >= 4 is 28.8 Å². The Labute approximate surface area is 130 Å². The molecule has 0 aromatic heterocycles. The summed E-state index contributed by atoms with van der Waals surface area (Å²) in [5.41, 5.74) is 2.78. The molecule has 0 bridgehead atoms. The highest BCUT2D eigenvalue weighted by Crippen LogP contribution is 2.11. The number of thiocarbonyl (C=S) groups is 1. The van der Waals surface area contributed by atoms with Crippen molar-refractivity contribution in [1.29, 1.82) is 0 Å². The van der Waals surface area contributed by atoms with E-state index in [4.69, 9.17) is 12.2 Å². The standard InChI is InChI=1S/C17H18N2OS/c1-13(20)15-8-10-16(11-9-15)18-17(21)19(2)12-14-6-4-3-5-7-14/h3-11H,12H2,1-2H3,(H,18,21). The number of hydrogen-bond acceptors (Lipinski definition) is 2. The molecule has 2 aromatic rings. The summed E-state index contributed by atoms with van der Waals surface area (Å²) in [6, 6.07) is 17.5. The lowest BCUT2D eigenvalue weighted by Crippen LogP contribution is -2.30. The normalized spacial score (nSPS) is 10.0. The van der Waals surface area contributed by atoms with Crippen molar-refractivity contribution in [1.82, 2.24) is 4.90 Å². The first-order valence-electron chi connectivity index (χ1n) is 6.73. The molecular weight excluding hydrogens is 280 g/mol. The lowest BCUT2D eigenvalue weighted by atomic mass is 10.1. The van der Waals surface area contributed by atoms with Gasteiger partial charge in [-0.05, 0) is 49.0 Å². The van der Waals surface area contributed by atoms with Crippen LogP contribution in [0, 0.1) is 0 Å². The average molecular weight is 298 g/mol. The summed E-state index contributed by atoms with van der Waals surface area (Å²) in [5.74, 6) is 0.0605. The maximum absolute atomic E-state index is 11.2. The Morgan fingerprint density at radius 3 is 2.29 bits per heavy atom. The number of rotatable bonds is 4. The summed E-state index contributed by atoms with van der Waals surface area (Å²) in [7, 11) is 1.95. The van der Waals surface area contributed by atoms with E-state index in [-0.39, 0.29) is 5.78 Å². The molecule has 0 fully saturated rings. The predicted molar refractivity (Wildman–Crippen MR) is 90.6 cm³/mol. The van der Waals surface area contributed by atoms with Crippen LogP contribution in [0.25, 0.3) is 0 Å². The van der Waals surface area contributed by atoms with Crippen molar-refractivity contribution in [2.45, 2.75) is 13.5 Å². The summed E-state index contributed by atoms with van der Waals surface area (Å²) in [6.45, 7) is 2.30. The Hall–Kier alpha value is -2.20. The minimum absolute atomic E-state index is 0.0605. The minimum Gasteiger partial charge on any atom is -0.348 e. The molecule has 2 rings (SSSR count). The molecule has 0 saturated carbocycles. The number of carbonyl (C=O) groups is 1. The van der Waals surface area contributed by atoms with E-state index in [9.17, 15) is 4.79 Å². The molecule has 0 spiro atoms. The molecule has 0 atom stereocenters. The number of nitrogens with zero attached hydrogens (tertiary/aromatic N) is 1. The smallest absolute Gasteiger partial charge is 0.173 e. The zero-order chi connectivity index (χ0) is 15.2. The molecule has 4 heteroatoms. The Morgan fingerprint density at radius 1 is 1.10 bits per heavy atom. The summed E-state index contributed by atoms with van der Waals surface area (Å²) in [4.78, 5) is 13.2. The molecule has 1 N–H and O–H groups in total. The van der Waals surface area contributed by atoms with Crippen molar-refractivity contribution in [3.8, 4) is 0 Å². The van der Waals surface area contributed by atoms with Gasteiger partial charge in [0, 0.05) is 24.8 Å². The van der Waals surface area contributed by atoms with Gasteiger partial charge in [0.2, 0.25) is 0 Å². The molecule has 0 aliphatic rings. The number of carbonyl (C=O) groups excluding carboxylic acids is 1. The summed E-state index contributed by atoms with van der Waals surface area (Å²) >= 11 is 5.39. The van der Waals surface area contributed by atoms with Gasteiger partial charge in [0.05, 0.1) is 0 Å². The van der Waals surface area contributed by atoms with E-state index in [2.05, 4.69) is 17.4 Å². The van der Waals surface area contributed by atoms with Crippen LogP contribution in [-0.2, 0) is 6.54 Å². The van der Waals surface area contributed by atoms with Gasteiger partial charge in [-0.25, -0.2) is 0 Å². The number of Topliss-reactive ketones (excluding diaryl/α,β-unsaturated/α-hetero) is 1. The number of hydrogen-bond donors (Lipinski definition) is 1. The van der Waals surface area contributed by atoms with E-state index in [1.54, 1.807) is 19.1 Å². The van der Waals surface area contributed by atoms with Crippen molar-refractivity contribution in [3.63, 3.8) is 0 Å². The zero-order valence-corrected chi connectivity index (χ0v) is 13.0. The van der Waals surface area contributed by atoms with E-state index in [0.29, 0.717) is 10.7 Å². The lowest BCUT2D eigenvalue weighted by Gasteiger charge is -2.21. The van der Waals surface area contributed by atoms with Crippen molar-refractivity contribution in [2.24, 2.45) is 0 Å². The van der Waals surface area contributed by atoms with Crippen LogP contribution < -0.4 is 5.32 Å². The lowest BCUT2D eigenvalue weighted by molar-refractivity contribution is 0.101. The summed E-state index contributed by atoms with van der Waals surface area (Å²) < 4.78 is 0. The molecular formula is C17H18N2OS. The van der Waals surface area contributed by atoms with Crippen LogP contribution in [0.1, 0.15) is 22.8 Å². The Morgan fingerprint density at radius 2 is 1.71 bits per heavy atom. The SMILES string of the molecule is CC(=O)c1ccc(NC(=S)N(C)Cc2ccccc2)cc1. The van der Waals surface area contributed by atoms with E-state index < -0.39 is 0 Å². The third kappa shape index (κ3) is 4.39. The molecule has 0 heterocycles. The van der Waals surface area contributed by atoms with Gasteiger partial charge < -0.3 is 10.2 Å². The van der Waals surface area contributed by atoms with Gasteiger partial charge in [-0.15, -0.1) is 0 Å². The molecule has 0 saturated heterocycles. The first kappa shape index (κ1) is 15.2. The van der Waals surface area contributed by atoms with Crippen LogP contribution in [0.4, 0.5) is 5.69 Å². The zero-order valence-electron chi connectivity index (χ0n) is 12.2. The van der Waals surface area contributed by atoms with Crippen LogP contribution >= 0.6 is 12.2 Å². The maximum Gasteiger partial charge on any atom is 0.173 e. The number of nitrogens with one attached hydrogen (secondary N) is 1. The molecule has 0 amide bonds. The minimum atomic E-state index is 0.0605. The second kappa shape index (κ2) is 6.99. The van der Waals surface area contributed by atoms with Crippen molar-refractivity contribution in [3.05, 3.63) is 65.7 Å². The van der Waals surface area contributed by atoms with Crippen LogP contribution in [0.15, 0.2) is 54.6 Å². The largest absolute Gasteiger partial charge is 0.348 e. The topological polar surface area (TPSA) is 32.3 Å². The van der Waals surface area contributed by atoms with Gasteiger partial charge in [-0.3, -0.25) is 4.79 Å². The fourth-order valence-electron chi connectivity index (χ4n) is 1.94. The molecule has 3 nitrogen and oxygen atoms in total. The second-order valence-electron chi connectivity index (χ2n) is 4.91. The summed E-state index contributed by atoms with van der Waals surface area (Å²) in [5, 5.41) is 3.82. The van der Waals surface area contributed by atoms with Gasteiger partial charge >= 0.3 is 0 Å². The van der Waals surface area contributed by atoms with Crippen LogP contribution in [0.3, 0.4) is 0 Å². The van der Waals surface area contributed by atoms with Gasteiger partial charge in [0.1, 0.15) is 0 Å². The van der Waals surface area contributed by atoms with E-state index in [0.717, 1.165) is 12.2 Å². The third-order valence-corrected chi connectivity index (χ3v) is 3.57. The number of ketones is 1. The van der Waals surface area contributed by atoms with E-state index in [1.165, 1.54) is 5.56 Å².